The molecule has 2 aliphatic heterocycles. The lowest BCUT2D eigenvalue weighted by molar-refractivity contribution is 0.144. The molecule has 0 amide bonds. The van der Waals surface area contributed by atoms with Gasteiger partial charge in [0.2, 0.25) is 0 Å². The molecule has 1 fully saturated rings. The van der Waals surface area contributed by atoms with E-state index in [9.17, 15) is 0 Å². The van der Waals surface area contributed by atoms with Gasteiger partial charge in [-0.2, -0.15) is 10.4 Å². The quantitative estimate of drug-likeness (QED) is 0.744. The number of aromatic amines is 1. The van der Waals surface area contributed by atoms with Crippen molar-refractivity contribution in [3.63, 3.8) is 0 Å². The largest absolute Gasteiger partial charge is 0.490 e. The third-order valence-electron chi connectivity index (χ3n) is 5.96. The Balaban J connectivity index is 0.00000231. The minimum atomic E-state index is 0. The number of benzene rings is 1. The fourth-order valence-corrected chi connectivity index (χ4v) is 4.67. The number of nitriles is 1. The monoisotopic (exact) mass is 455 g/mol. The third-order valence-corrected chi connectivity index (χ3v) is 6.22. The number of halogens is 2. The van der Waals surface area contributed by atoms with Crippen molar-refractivity contribution < 1.29 is 4.74 Å². The predicted octanol–water partition coefficient (Wildman–Crippen LogP) is 3.29. The van der Waals surface area contributed by atoms with E-state index < -0.39 is 0 Å². The first-order valence-corrected chi connectivity index (χ1v) is 10.7. The van der Waals surface area contributed by atoms with Crippen molar-refractivity contribution in [2.75, 3.05) is 6.54 Å². The molecular weight excluding hydrogens is 433 g/mol. The summed E-state index contributed by atoms with van der Waals surface area (Å²) in [7, 11) is 0. The van der Waals surface area contributed by atoms with Crippen molar-refractivity contribution in [2.24, 2.45) is 16.0 Å². The number of rotatable bonds is 3. The molecule has 160 valence electrons. The van der Waals surface area contributed by atoms with Gasteiger partial charge in [0.05, 0.1) is 52.9 Å². The minimum absolute atomic E-state index is 0. The number of ether oxygens (including phenoxy) is 1. The smallest absolute Gasteiger partial charge is 0.121 e. The summed E-state index contributed by atoms with van der Waals surface area (Å²) in [5, 5.41) is 16.4. The normalized spacial score (nSPS) is 21.8. The van der Waals surface area contributed by atoms with Gasteiger partial charge >= 0.3 is 0 Å². The van der Waals surface area contributed by atoms with Crippen LogP contribution in [-0.4, -0.2) is 23.3 Å². The van der Waals surface area contributed by atoms with E-state index in [1.807, 2.05) is 24.3 Å². The summed E-state index contributed by atoms with van der Waals surface area (Å²) in [6, 6.07) is 9.54. The summed E-state index contributed by atoms with van der Waals surface area (Å²) in [6.45, 7) is 1.27. The second kappa shape index (κ2) is 9.17. The Morgan fingerprint density at radius 2 is 2.03 bits per heavy atom. The van der Waals surface area contributed by atoms with Gasteiger partial charge in [-0.05, 0) is 56.0 Å². The topological polar surface area (TPSA) is 85.6 Å². The average Bonchev–Trinajstić information content (AvgIpc) is 3.00. The summed E-state index contributed by atoms with van der Waals surface area (Å²) in [4.78, 5) is 8.23. The highest BCUT2D eigenvalue weighted by atomic mass is 35.5. The summed E-state index contributed by atoms with van der Waals surface area (Å²) >= 11 is 6.25. The lowest BCUT2D eigenvalue weighted by Gasteiger charge is -2.30. The van der Waals surface area contributed by atoms with Crippen LogP contribution in [0.15, 0.2) is 45.5 Å². The summed E-state index contributed by atoms with van der Waals surface area (Å²) in [6.07, 6.45) is 7.97. The van der Waals surface area contributed by atoms with E-state index in [-0.39, 0.29) is 18.5 Å². The van der Waals surface area contributed by atoms with Gasteiger partial charge in [0.15, 0.2) is 0 Å². The Bertz CT molecular complexity index is 1200. The number of hydrazone groups is 1. The molecule has 1 saturated carbocycles. The summed E-state index contributed by atoms with van der Waals surface area (Å²) in [5.41, 5.74) is 7.18. The molecule has 5 rings (SSSR count). The van der Waals surface area contributed by atoms with E-state index in [0.29, 0.717) is 29.6 Å². The molecular formula is C23H23Cl2N5O. The van der Waals surface area contributed by atoms with Crippen LogP contribution in [0.5, 0.6) is 5.75 Å². The Kier molecular flexibility index (Phi) is 6.35. The van der Waals surface area contributed by atoms with E-state index in [1.165, 1.54) is 5.56 Å². The molecule has 31 heavy (non-hydrogen) atoms. The van der Waals surface area contributed by atoms with Crippen molar-refractivity contribution in [1.82, 2.24) is 10.4 Å². The molecule has 0 saturated heterocycles. The molecule has 2 aromatic rings. The standard InChI is InChI=1S/C23H22ClN5O.ClH/c24-16-8-9-26-22-19-13-27-29-21(23(19)28-20(22)11-16)15-4-6-17(7-5-15)30-18-3-1-2-14(10-18)12-25;/h1-3,8,10-11,15,17,27-28H,4-7,9,13H2;1H. The first kappa shape index (κ1) is 21.5. The van der Waals surface area contributed by atoms with Crippen molar-refractivity contribution in [2.45, 2.75) is 38.3 Å². The van der Waals surface area contributed by atoms with Crippen molar-refractivity contribution in [3.05, 3.63) is 62.9 Å². The zero-order valence-corrected chi connectivity index (χ0v) is 18.5. The lowest BCUT2D eigenvalue weighted by Crippen LogP contribution is -2.33. The SMILES string of the molecule is Cl.N#Cc1cccc(OC2CCC(C3=NNCc4c3[nH]c3c4=NCC=C(Cl)C=3)CC2)c1. The van der Waals surface area contributed by atoms with Crippen LogP contribution in [0.3, 0.4) is 0 Å². The van der Waals surface area contributed by atoms with Crippen LogP contribution in [0.25, 0.3) is 6.08 Å². The maximum Gasteiger partial charge on any atom is 0.121 e. The zero-order chi connectivity index (χ0) is 20.5. The van der Waals surface area contributed by atoms with Crippen molar-refractivity contribution in [3.8, 4) is 11.8 Å². The maximum absolute atomic E-state index is 9.07. The van der Waals surface area contributed by atoms with Crippen molar-refractivity contribution >= 4 is 35.8 Å². The molecule has 0 unspecified atom stereocenters. The molecule has 0 atom stereocenters. The second-order valence-corrected chi connectivity index (χ2v) is 8.31. The Hall–Kier alpha value is -2.75. The van der Waals surface area contributed by atoms with E-state index in [2.05, 4.69) is 21.6 Å². The molecule has 8 heteroatoms. The molecule has 0 spiro atoms. The van der Waals surface area contributed by atoms with Crippen LogP contribution in [0, 0.1) is 17.2 Å². The number of fused-ring (bicyclic) bond motifs is 3. The first-order valence-electron chi connectivity index (χ1n) is 10.3. The molecule has 1 aliphatic carbocycles. The second-order valence-electron chi connectivity index (χ2n) is 7.88. The lowest BCUT2D eigenvalue weighted by atomic mass is 9.82. The number of hydrogen-bond acceptors (Lipinski definition) is 5. The van der Waals surface area contributed by atoms with Crippen LogP contribution < -0.4 is 20.9 Å². The van der Waals surface area contributed by atoms with Gasteiger partial charge in [0, 0.05) is 16.5 Å². The van der Waals surface area contributed by atoms with Gasteiger partial charge in [-0.3, -0.25) is 4.99 Å². The van der Waals surface area contributed by atoms with Crippen LogP contribution in [0.2, 0.25) is 0 Å². The molecule has 3 aliphatic rings. The molecule has 1 aromatic heterocycles. The van der Waals surface area contributed by atoms with Gasteiger partial charge in [-0.15, -0.1) is 12.4 Å². The van der Waals surface area contributed by atoms with Crippen LogP contribution in [0.1, 0.15) is 42.5 Å². The Labute approximate surface area is 191 Å². The van der Waals surface area contributed by atoms with Crippen LogP contribution >= 0.6 is 24.0 Å². The fraction of sp³-hybridized carbons (Fsp3) is 0.348. The molecule has 1 aromatic carbocycles. The number of nitrogens with one attached hydrogen (secondary N) is 2. The molecule has 2 N–H and O–H groups in total. The first-order chi connectivity index (χ1) is 14.7. The predicted molar refractivity (Wildman–Crippen MR) is 123 cm³/mol. The Morgan fingerprint density at radius 3 is 2.84 bits per heavy atom. The van der Waals surface area contributed by atoms with E-state index in [1.54, 1.807) is 12.1 Å². The highest BCUT2D eigenvalue weighted by Crippen LogP contribution is 2.31. The third kappa shape index (κ3) is 4.34. The number of allylic oxidation sites excluding steroid dienone is 1. The van der Waals surface area contributed by atoms with Gasteiger partial charge in [-0.1, -0.05) is 17.7 Å². The number of H-pyrrole nitrogens is 1. The highest BCUT2D eigenvalue weighted by Gasteiger charge is 2.30. The minimum Gasteiger partial charge on any atom is -0.490 e. The molecule has 0 radical (unpaired) electrons. The number of hydrogen-bond donors (Lipinski definition) is 2. The van der Waals surface area contributed by atoms with Crippen LogP contribution in [-0.2, 0) is 6.54 Å². The average molecular weight is 456 g/mol. The van der Waals surface area contributed by atoms with E-state index in [0.717, 1.165) is 53.5 Å². The van der Waals surface area contributed by atoms with E-state index >= 15 is 0 Å². The summed E-state index contributed by atoms with van der Waals surface area (Å²) < 4.78 is 6.14. The number of nitrogens with zero attached hydrogens (tertiary/aromatic N) is 3. The van der Waals surface area contributed by atoms with Gasteiger partial charge in [0.1, 0.15) is 5.75 Å². The maximum atomic E-state index is 9.07. The van der Waals surface area contributed by atoms with E-state index in [4.69, 9.17) is 26.6 Å². The summed E-state index contributed by atoms with van der Waals surface area (Å²) in [5.74, 6) is 1.14. The fourth-order valence-electron chi connectivity index (χ4n) is 4.49. The van der Waals surface area contributed by atoms with Gasteiger partial charge in [-0.25, -0.2) is 0 Å². The van der Waals surface area contributed by atoms with Gasteiger partial charge in [0.25, 0.3) is 0 Å². The van der Waals surface area contributed by atoms with Crippen molar-refractivity contribution in [1.29, 1.82) is 5.26 Å². The molecule has 6 nitrogen and oxygen atoms in total. The van der Waals surface area contributed by atoms with Gasteiger partial charge < -0.3 is 15.1 Å². The zero-order valence-electron chi connectivity index (χ0n) is 16.9. The number of aromatic nitrogens is 1. The molecule has 0 bridgehead atoms. The highest BCUT2D eigenvalue weighted by molar-refractivity contribution is 6.34. The van der Waals surface area contributed by atoms with Crippen LogP contribution in [0.4, 0.5) is 0 Å². The Morgan fingerprint density at radius 1 is 1.19 bits per heavy atom. The molecule has 3 heterocycles.